The van der Waals surface area contributed by atoms with Crippen LogP contribution >= 0.6 is 22.9 Å². The number of hydrogen-bond acceptors (Lipinski definition) is 5. The summed E-state index contributed by atoms with van der Waals surface area (Å²) < 4.78 is 26.6. The van der Waals surface area contributed by atoms with Crippen LogP contribution in [0.2, 0.25) is 5.02 Å². The third-order valence-electron chi connectivity index (χ3n) is 6.57. The zero-order chi connectivity index (χ0) is 20.2. The molecule has 6 nitrogen and oxygen atoms in total. The van der Waals surface area contributed by atoms with Gasteiger partial charge < -0.3 is 5.32 Å². The number of aromatic nitrogens is 1. The van der Waals surface area contributed by atoms with Crippen LogP contribution in [0.15, 0.2) is 18.2 Å². The molecule has 1 N–H and O–H groups in total. The van der Waals surface area contributed by atoms with Gasteiger partial charge in [-0.25, -0.2) is 13.4 Å². The normalized spacial score (nSPS) is 31.3. The Morgan fingerprint density at radius 3 is 2.83 bits per heavy atom. The van der Waals surface area contributed by atoms with E-state index in [9.17, 15) is 13.2 Å². The second-order valence-electron chi connectivity index (χ2n) is 8.80. The van der Waals surface area contributed by atoms with Crippen molar-refractivity contribution in [3.05, 3.63) is 28.2 Å². The minimum Gasteiger partial charge on any atom is -0.352 e. The molecule has 0 unspecified atom stereocenters. The van der Waals surface area contributed by atoms with Crippen LogP contribution in [0.1, 0.15) is 49.5 Å². The number of nitrogens with zero attached hydrogens (tertiary/aromatic N) is 2. The van der Waals surface area contributed by atoms with Gasteiger partial charge in [0.15, 0.2) is 0 Å². The summed E-state index contributed by atoms with van der Waals surface area (Å²) in [5, 5.41) is 4.94. The van der Waals surface area contributed by atoms with E-state index in [2.05, 4.69) is 5.32 Å². The molecule has 1 amide bonds. The van der Waals surface area contributed by atoms with Gasteiger partial charge in [-0.15, -0.1) is 11.3 Å². The number of thiazole rings is 1. The number of fused-ring (bicyclic) bond motifs is 1. The summed E-state index contributed by atoms with van der Waals surface area (Å²) in [6.07, 6.45) is 5.73. The number of rotatable bonds is 4. The first-order valence-electron chi connectivity index (χ1n) is 10.2. The van der Waals surface area contributed by atoms with E-state index in [-0.39, 0.29) is 24.2 Å². The van der Waals surface area contributed by atoms with Crippen molar-refractivity contribution >= 4 is 49.1 Å². The predicted octanol–water partition coefficient (Wildman–Crippen LogP) is 3.52. The SMILES string of the molecule is O=C(CN1CCCCS1(=O)=O)NC1CC2(C1)CC(c1nc3cc(Cl)ccc3s1)C2. The van der Waals surface area contributed by atoms with Gasteiger partial charge in [0.05, 0.1) is 27.5 Å². The molecular formula is C20H24ClN3O3S2. The molecule has 3 fully saturated rings. The average Bonchev–Trinajstić information content (AvgIpc) is 3.00. The Labute approximate surface area is 179 Å². The summed E-state index contributed by atoms with van der Waals surface area (Å²) in [6, 6.07) is 6.03. The fourth-order valence-corrected chi connectivity index (χ4v) is 7.89. The molecule has 1 spiro atoms. The largest absolute Gasteiger partial charge is 0.352 e. The second kappa shape index (κ2) is 7.18. The van der Waals surface area contributed by atoms with Crippen molar-refractivity contribution in [3.63, 3.8) is 0 Å². The maximum Gasteiger partial charge on any atom is 0.235 e. The summed E-state index contributed by atoms with van der Waals surface area (Å²) >= 11 is 7.81. The maximum absolute atomic E-state index is 12.3. The number of carbonyl (C=O) groups excluding carboxylic acids is 1. The molecular weight excluding hydrogens is 430 g/mol. The van der Waals surface area contributed by atoms with Gasteiger partial charge in [-0.3, -0.25) is 4.79 Å². The van der Waals surface area contributed by atoms with Gasteiger partial charge >= 0.3 is 0 Å². The molecule has 2 aromatic rings. The van der Waals surface area contributed by atoms with Crippen molar-refractivity contribution in [3.8, 4) is 0 Å². The topological polar surface area (TPSA) is 79.4 Å². The molecule has 5 rings (SSSR count). The Balaban J connectivity index is 1.11. The molecule has 3 aliphatic rings. The van der Waals surface area contributed by atoms with Crippen LogP contribution in [0.3, 0.4) is 0 Å². The predicted molar refractivity (Wildman–Crippen MR) is 115 cm³/mol. The first-order valence-corrected chi connectivity index (χ1v) is 13.0. The number of benzene rings is 1. The van der Waals surface area contributed by atoms with E-state index >= 15 is 0 Å². The quantitative estimate of drug-likeness (QED) is 0.768. The standard InChI is InChI=1S/C20H24ClN3O3S2/c21-14-3-4-17-16(7-14)23-19(28-17)13-8-20(9-13)10-15(11-20)22-18(25)12-24-5-1-2-6-29(24,26)27/h3-4,7,13,15H,1-2,5-6,8-12H2,(H,22,25). The lowest BCUT2D eigenvalue weighted by molar-refractivity contribution is -0.125. The van der Waals surface area contributed by atoms with Gasteiger partial charge in [0.25, 0.3) is 0 Å². The van der Waals surface area contributed by atoms with E-state index in [0.717, 1.165) is 37.6 Å². The van der Waals surface area contributed by atoms with E-state index in [4.69, 9.17) is 16.6 Å². The van der Waals surface area contributed by atoms with Crippen LogP contribution < -0.4 is 5.32 Å². The van der Waals surface area contributed by atoms with Crippen molar-refractivity contribution in [2.45, 2.75) is 50.5 Å². The molecule has 0 atom stereocenters. The Kier molecular flexibility index (Phi) is 4.89. The van der Waals surface area contributed by atoms with E-state index in [1.165, 1.54) is 14.0 Å². The highest BCUT2D eigenvalue weighted by molar-refractivity contribution is 7.89. The van der Waals surface area contributed by atoms with Crippen molar-refractivity contribution < 1.29 is 13.2 Å². The Hall–Kier alpha value is -1.22. The van der Waals surface area contributed by atoms with Gasteiger partial charge in [0.1, 0.15) is 0 Å². The first kappa shape index (κ1) is 19.7. The van der Waals surface area contributed by atoms with Gasteiger partial charge in [-0.05, 0) is 62.1 Å². The molecule has 156 valence electrons. The van der Waals surface area contributed by atoms with Crippen LogP contribution in [0.25, 0.3) is 10.2 Å². The smallest absolute Gasteiger partial charge is 0.235 e. The number of sulfonamides is 1. The molecule has 0 bridgehead atoms. The van der Waals surface area contributed by atoms with Gasteiger partial charge in [-0.2, -0.15) is 4.31 Å². The zero-order valence-electron chi connectivity index (χ0n) is 16.1. The van der Waals surface area contributed by atoms with Crippen LogP contribution in [0.4, 0.5) is 0 Å². The molecule has 9 heteroatoms. The average molecular weight is 454 g/mol. The fraction of sp³-hybridized carbons (Fsp3) is 0.600. The monoisotopic (exact) mass is 453 g/mol. The van der Waals surface area contributed by atoms with E-state index in [0.29, 0.717) is 29.3 Å². The summed E-state index contributed by atoms with van der Waals surface area (Å²) in [6.45, 7) is 0.419. The first-order chi connectivity index (χ1) is 13.8. The number of hydrogen-bond donors (Lipinski definition) is 1. The van der Waals surface area contributed by atoms with Crippen molar-refractivity contribution in [1.82, 2.24) is 14.6 Å². The van der Waals surface area contributed by atoms with Crippen molar-refractivity contribution in [2.75, 3.05) is 18.8 Å². The zero-order valence-corrected chi connectivity index (χ0v) is 18.5. The molecule has 0 radical (unpaired) electrons. The summed E-state index contributed by atoms with van der Waals surface area (Å²) in [5.41, 5.74) is 1.31. The fourth-order valence-electron chi connectivity index (χ4n) is 5.13. The molecule has 1 aromatic carbocycles. The highest BCUT2D eigenvalue weighted by Crippen LogP contribution is 2.62. The number of nitrogens with one attached hydrogen (secondary N) is 1. The summed E-state index contributed by atoms with van der Waals surface area (Å²) in [7, 11) is -3.25. The lowest BCUT2D eigenvalue weighted by Crippen LogP contribution is -2.57. The lowest BCUT2D eigenvalue weighted by Gasteiger charge is -2.57. The van der Waals surface area contributed by atoms with E-state index in [1.54, 1.807) is 11.3 Å². The van der Waals surface area contributed by atoms with E-state index in [1.807, 2.05) is 18.2 Å². The lowest BCUT2D eigenvalue weighted by atomic mass is 9.50. The third-order valence-corrected chi connectivity index (χ3v) is 9.91. The molecule has 1 saturated heterocycles. The van der Waals surface area contributed by atoms with E-state index < -0.39 is 10.0 Å². The summed E-state index contributed by atoms with van der Waals surface area (Å²) in [4.78, 5) is 17.1. The molecule has 2 aliphatic carbocycles. The molecule has 2 saturated carbocycles. The molecule has 29 heavy (non-hydrogen) atoms. The minimum absolute atomic E-state index is 0.0390. The minimum atomic E-state index is -3.25. The highest BCUT2D eigenvalue weighted by Gasteiger charge is 2.54. The molecule has 2 heterocycles. The van der Waals surface area contributed by atoms with Crippen LogP contribution in [-0.2, 0) is 14.8 Å². The molecule has 1 aromatic heterocycles. The van der Waals surface area contributed by atoms with Crippen molar-refractivity contribution in [1.29, 1.82) is 0 Å². The van der Waals surface area contributed by atoms with Crippen LogP contribution in [0.5, 0.6) is 0 Å². The van der Waals surface area contributed by atoms with Gasteiger partial charge in [-0.1, -0.05) is 11.6 Å². The van der Waals surface area contributed by atoms with Crippen molar-refractivity contribution in [2.24, 2.45) is 5.41 Å². The van der Waals surface area contributed by atoms with Gasteiger partial charge in [0.2, 0.25) is 15.9 Å². The number of halogens is 1. The number of carbonyl (C=O) groups is 1. The maximum atomic E-state index is 12.3. The Morgan fingerprint density at radius 1 is 1.28 bits per heavy atom. The molecule has 1 aliphatic heterocycles. The second-order valence-corrected chi connectivity index (χ2v) is 12.4. The number of amides is 1. The van der Waals surface area contributed by atoms with Gasteiger partial charge in [0, 0.05) is 23.5 Å². The van der Waals surface area contributed by atoms with Crippen LogP contribution in [-0.4, -0.2) is 48.5 Å². The summed E-state index contributed by atoms with van der Waals surface area (Å²) in [5.74, 6) is 0.488. The third kappa shape index (κ3) is 3.80. The highest BCUT2D eigenvalue weighted by atomic mass is 35.5. The Bertz CT molecular complexity index is 1050. The Morgan fingerprint density at radius 2 is 2.07 bits per heavy atom. The van der Waals surface area contributed by atoms with Crippen LogP contribution in [0, 0.1) is 5.41 Å².